The second kappa shape index (κ2) is 13.0. The zero-order chi connectivity index (χ0) is 43.9. The molecule has 8 bridgehead atoms. The maximum absolute atomic E-state index is 2.77. The van der Waals surface area contributed by atoms with Crippen molar-refractivity contribution in [1.29, 1.82) is 0 Å². The predicted molar refractivity (Wildman–Crippen MR) is 269 cm³/mol. The standard InChI is InChI=1S/C60H71BN2/c1-56(2,3)36-13-19-41(20-14-36)62-51-23-17-38(58(7,8)9)28-49(51)61-50-29-39(59(10,11)12)18-24-52(50)63(42-21-15-37(16-22-42)57(4,5)6)54-31-40(30-53(62)55(54)61)60-32-46-43-25-35-26-44(46)48(34-60)45(27-35)47(43)33-60/h13-24,28-31,35,43-48H,25-27,32-34H2,1-12H3/t35?,43-,44-,45?,46?,47?,48?,60-/m1/s1. The molecule has 7 saturated carbocycles. The van der Waals surface area contributed by atoms with E-state index in [1.807, 2.05) is 0 Å². The molecule has 7 aliphatic carbocycles. The van der Waals surface area contributed by atoms with Crippen LogP contribution in [-0.2, 0) is 27.1 Å². The van der Waals surface area contributed by atoms with Crippen molar-refractivity contribution >= 4 is 57.2 Å². The lowest BCUT2D eigenvalue weighted by Crippen LogP contribution is -2.66. The van der Waals surface area contributed by atoms with Gasteiger partial charge >= 0.3 is 0 Å². The molecule has 2 aliphatic heterocycles. The van der Waals surface area contributed by atoms with E-state index in [0.29, 0.717) is 0 Å². The van der Waals surface area contributed by atoms with Crippen LogP contribution in [0.4, 0.5) is 34.1 Å². The summed E-state index contributed by atoms with van der Waals surface area (Å²) in [7, 11) is 0. The molecule has 7 fully saturated rings. The van der Waals surface area contributed by atoms with Gasteiger partial charge in [0.15, 0.2) is 0 Å². The molecule has 0 spiro atoms. The highest BCUT2D eigenvalue weighted by Gasteiger charge is 2.67. The SMILES string of the molecule is CC(C)(C)c1ccc(N2c3ccc(C(C)(C)C)cc3B3c4cc(C(C)(C)C)ccc4N(c4ccc(C(C)(C)C)cc4)c4cc([C@]56CC7C8CC9C[C@@H]7C(C5)[C@@H](C9)C8C6)cc2c43)cc1. The zero-order valence-corrected chi connectivity index (χ0v) is 40.5. The van der Waals surface area contributed by atoms with Crippen LogP contribution >= 0.6 is 0 Å². The molecule has 0 saturated heterocycles. The molecule has 2 nitrogen and oxygen atoms in total. The van der Waals surface area contributed by atoms with Crippen molar-refractivity contribution in [3.63, 3.8) is 0 Å². The quantitative estimate of drug-likeness (QED) is 0.164. The molecular weight excluding hydrogens is 759 g/mol. The van der Waals surface area contributed by atoms with Gasteiger partial charge in [0.1, 0.15) is 0 Å². The fourth-order valence-electron chi connectivity index (χ4n) is 15.3. The molecule has 9 aliphatic rings. The normalized spacial score (nSPS) is 28.7. The molecule has 2 heterocycles. The Hall–Kier alpha value is -4.24. The van der Waals surface area contributed by atoms with Crippen LogP contribution < -0.4 is 26.2 Å². The Balaban J connectivity index is 1.15. The van der Waals surface area contributed by atoms with E-state index in [9.17, 15) is 0 Å². The second-order valence-corrected chi connectivity index (χ2v) is 26.1. The molecule has 0 amide bonds. The topological polar surface area (TPSA) is 6.48 Å². The van der Waals surface area contributed by atoms with E-state index in [2.05, 4.69) is 190 Å². The Morgan fingerprint density at radius 1 is 0.413 bits per heavy atom. The molecule has 0 atom stereocenters. The summed E-state index contributed by atoms with van der Waals surface area (Å²) in [6.07, 6.45) is 8.77. The smallest absolute Gasteiger partial charge is 0.252 e. The lowest BCUT2D eigenvalue weighted by molar-refractivity contribution is -0.212. The summed E-state index contributed by atoms with van der Waals surface area (Å²) in [4.78, 5) is 5.41. The monoisotopic (exact) mass is 831 g/mol. The van der Waals surface area contributed by atoms with Gasteiger partial charge in [-0.15, -0.1) is 0 Å². The van der Waals surface area contributed by atoms with Gasteiger partial charge < -0.3 is 9.80 Å². The number of anilines is 6. The van der Waals surface area contributed by atoms with Crippen LogP contribution in [-0.4, -0.2) is 6.71 Å². The Morgan fingerprint density at radius 2 is 0.762 bits per heavy atom. The van der Waals surface area contributed by atoms with Gasteiger partial charge in [-0.25, -0.2) is 0 Å². The van der Waals surface area contributed by atoms with E-state index in [4.69, 9.17) is 0 Å². The van der Waals surface area contributed by atoms with E-state index in [1.165, 1.54) is 111 Å². The van der Waals surface area contributed by atoms with Crippen LogP contribution in [0.1, 0.15) is 149 Å². The molecule has 63 heavy (non-hydrogen) atoms. The maximum Gasteiger partial charge on any atom is 0.252 e. The minimum absolute atomic E-state index is 0.0179. The van der Waals surface area contributed by atoms with Crippen molar-refractivity contribution in [2.75, 3.05) is 9.80 Å². The summed E-state index contributed by atoms with van der Waals surface area (Å²) < 4.78 is 0. The lowest BCUT2D eigenvalue weighted by atomic mass is 9.31. The molecule has 324 valence electrons. The van der Waals surface area contributed by atoms with Crippen molar-refractivity contribution in [1.82, 2.24) is 0 Å². The van der Waals surface area contributed by atoms with E-state index < -0.39 is 0 Å². The average Bonchev–Trinajstić information content (AvgIpc) is 3.23. The van der Waals surface area contributed by atoms with Gasteiger partial charge in [0.05, 0.1) is 0 Å². The summed E-state index contributed by atoms with van der Waals surface area (Å²) in [6, 6.07) is 39.9. The zero-order valence-electron chi connectivity index (χ0n) is 40.5. The first-order valence-electron chi connectivity index (χ1n) is 25.0. The summed E-state index contributed by atoms with van der Waals surface area (Å²) in [6.45, 7) is 28.4. The summed E-state index contributed by atoms with van der Waals surface area (Å²) in [5.74, 6) is 6.75. The Morgan fingerprint density at radius 3 is 1.11 bits per heavy atom. The molecule has 14 rings (SSSR count). The number of hydrogen-bond acceptors (Lipinski definition) is 2. The summed E-state index contributed by atoms with van der Waals surface area (Å²) in [5, 5.41) is 0. The van der Waals surface area contributed by atoms with Crippen LogP contribution in [0.5, 0.6) is 0 Å². The first kappa shape index (κ1) is 40.3. The lowest BCUT2D eigenvalue weighted by Gasteiger charge is -2.72. The first-order chi connectivity index (χ1) is 29.7. The van der Waals surface area contributed by atoms with Gasteiger partial charge in [-0.1, -0.05) is 132 Å². The van der Waals surface area contributed by atoms with Crippen molar-refractivity contribution in [2.45, 2.75) is 149 Å². The van der Waals surface area contributed by atoms with Crippen LogP contribution in [0.15, 0.2) is 97.1 Å². The summed E-state index contributed by atoms with van der Waals surface area (Å²) >= 11 is 0. The highest BCUT2D eigenvalue weighted by atomic mass is 15.2. The number of nitrogens with zero attached hydrogens (tertiary/aromatic N) is 2. The van der Waals surface area contributed by atoms with E-state index >= 15 is 0 Å². The number of benzene rings is 5. The largest absolute Gasteiger partial charge is 0.311 e. The third kappa shape index (κ3) is 5.88. The van der Waals surface area contributed by atoms with Crippen LogP contribution in [0, 0.1) is 41.4 Å². The third-order valence-electron chi connectivity index (χ3n) is 18.4. The van der Waals surface area contributed by atoms with Gasteiger partial charge in [0, 0.05) is 34.1 Å². The molecule has 0 radical (unpaired) electrons. The average molecular weight is 831 g/mol. The fourth-order valence-corrected chi connectivity index (χ4v) is 15.3. The van der Waals surface area contributed by atoms with Crippen molar-refractivity contribution in [2.24, 2.45) is 41.4 Å². The number of rotatable bonds is 3. The van der Waals surface area contributed by atoms with Crippen molar-refractivity contribution in [3.05, 3.63) is 125 Å². The number of hydrogen-bond donors (Lipinski definition) is 0. The third-order valence-corrected chi connectivity index (χ3v) is 18.4. The van der Waals surface area contributed by atoms with E-state index in [1.54, 1.807) is 5.56 Å². The van der Waals surface area contributed by atoms with E-state index in [0.717, 1.165) is 41.4 Å². The van der Waals surface area contributed by atoms with Crippen LogP contribution in [0.2, 0.25) is 0 Å². The highest BCUT2D eigenvalue weighted by molar-refractivity contribution is 7.00. The molecule has 3 heteroatoms. The molecule has 5 aromatic carbocycles. The molecule has 0 unspecified atom stereocenters. The fraction of sp³-hybridized carbons (Fsp3) is 0.500. The van der Waals surface area contributed by atoms with Crippen molar-refractivity contribution in [3.8, 4) is 0 Å². The Labute approximate surface area is 380 Å². The maximum atomic E-state index is 2.77. The van der Waals surface area contributed by atoms with Gasteiger partial charge in [-0.3, -0.25) is 0 Å². The van der Waals surface area contributed by atoms with Gasteiger partial charge in [0.2, 0.25) is 0 Å². The number of fused-ring (bicyclic) bond motifs is 4. The molecule has 0 N–H and O–H groups in total. The van der Waals surface area contributed by atoms with Gasteiger partial charge in [-0.05, 0) is 200 Å². The highest BCUT2D eigenvalue weighted by Crippen LogP contribution is 2.74. The van der Waals surface area contributed by atoms with Crippen LogP contribution in [0.25, 0.3) is 0 Å². The molecule has 0 aromatic heterocycles. The molecule has 5 aromatic rings. The van der Waals surface area contributed by atoms with Gasteiger partial charge in [-0.2, -0.15) is 0 Å². The Kier molecular flexibility index (Phi) is 8.30. The Bertz CT molecular complexity index is 2470. The first-order valence-corrected chi connectivity index (χ1v) is 25.0. The summed E-state index contributed by atoms with van der Waals surface area (Å²) in [5.41, 5.74) is 20.0. The van der Waals surface area contributed by atoms with Crippen LogP contribution in [0.3, 0.4) is 0 Å². The second-order valence-electron chi connectivity index (χ2n) is 26.1. The van der Waals surface area contributed by atoms with Crippen molar-refractivity contribution < 1.29 is 0 Å². The van der Waals surface area contributed by atoms with E-state index in [-0.39, 0.29) is 33.8 Å². The minimum atomic E-state index is 0.0179. The predicted octanol–water partition coefficient (Wildman–Crippen LogP) is 13.9. The van der Waals surface area contributed by atoms with Gasteiger partial charge in [0.25, 0.3) is 6.71 Å². The minimum Gasteiger partial charge on any atom is -0.311 e. The molecular formula is C60H71BN2.